The van der Waals surface area contributed by atoms with Crippen LogP contribution >= 0.6 is 0 Å². The van der Waals surface area contributed by atoms with E-state index in [-0.39, 0.29) is 16.2 Å². The number of hydrogen-bond donors (Lipinski definition) is 2. The maximum Gasteiger partial charge on any atom is 0.251 e. The number of aryl methyl sites for hydroxylation is 1. The Morgan fingerprint density at radius 2 is 1.81 bits per heavy atom. The van der Waals surface area contributed by atoms with Gasteiger partial charge in [-0.2, -0.15) is 0 Å². The van der Waals surface area contributed by atoms with Gasteiger partial charge < -0.3 is 5.32 Å². The molecule has 0 bridgehead atoms. The molecule has 0 saturated heterocycles. The average molecular weight is 312 g/mol. The molecule has 0 aliphatic heterocycles. The molecule has 1 aromatic rings. The lowest BCUT2D eigenvalue weighted by atomic mass is 9.92. The Kier molecular flexibility index (Phi) is 5.17. The fourth-order valence-electron chi connectivity index (χ4n) is 1.87. The van der Waals surface area contributed by atoms with Crippen molar-refractivity contribution in [2.45, 2.75) is 45.9 Å². The van der Waals surface area contributed by atoms with Gasteiger partial charge in [-0.1, -0.05) is 20.8 Å². The van der Waals surface area contributed by atoms with Crippen molar-refractivity contribution >= 4 is 15.9 Å². The van der Waals surface area contributed by atoms with E-state index in [0.717, 1.165) is 17.5 Å². The molecule has 0 unspecified atom stereocenters. The first-order valence-electron chi connectivity index (χ1n) is 6.84. The van der Waals surface area contributed by atoms with Crippen LogP contribution in [0.15, 0.2) is 17.0 Å². The van der Waals surface area contributed by atoms with Crippen LogP contribution in [0, 0.1) is 19.3 Å². The van der Waals surface area contributed by atoms with Gasteiger partial charge in [0.15, 0.2) is 0 Å². The quantitative estimate of drug-likeness (QED) is 0.892. The number of carbonyl (C=O) groups is 1. The van der Waals surface area contributed by atoms with Crippen molar-refractivity contribution < 1.29 is 13.2 Å². The highest BCUT2D eigenvalue weighted by Gasteiger charge is 2.17. The highest BCUT2D eigenvalue weighted by Crippen LogP contribution is 2.20. The van der Waals surface area contributed by atoms with Gasteiger partial charge in [-0.3, -0.25) is 4.79 Å². The number of primary sulfonamides is 1. The summed E-state index contributed by atoms with van der Waals surface area (Å²) in [5.74, 6) is -0.273. The predicted octanol–water partition coefficient (Wildman–Crippen LogP) is 2.12. The van der Waals surface area contributed by atoms with Crippen LogP contribution in [-0.2, 0) is 10.0 Å². The monoisotopic (exact) mass is 312 g/mol. The third kappa shape index (κ3) is 5.13. The molecule has 21 heavy (non-hydrogen) atoms. The van der Waals surface area contributed by atoms with Crippen molar-refractivity contribution in [3.63, 3.8) is 0 Å². The highest BCUT2D eigenvalue weighted by molar-refractivity contribution is 7.89. The smallest absolute Gasteiger partial charge is 0.251 e. The summed E-state index contributed by atoms with van der Waals surface area (Å²) in [6, 6.07) is 2.82. The van der Waals surface area contributed by atoms with Gasteiger partial charge in [-0.15, -0.1) is 0 Å². The zero-order valence-corrected chi connectivity index (χ0v) is 14.1. The minimum atomic E-state index is -3.82. The van der Waals surface area contributed by atoms with Gasteiger partial charge in [0.05, 0.1) is 4.90 Å². The van der Waals surface area contributed by atoms with Gasteiger partial charge in [0.2, 0.25) is 10.0 Å². The summed E-state index contributed by atoms with van der Waals surface area (Å²) in [5, 5.41) is 7.97. The predicted molar refractivity (Wildman–Crippen MR) is 83.7 cm³/mol. The van der Waals surface area contributed by atoms with Crippen LogP contribution in [0.1, 0.15) is 48.7 Å². The maximum atomic E-state index is 12.2. The SMILES string of the molecule is Cc1cc(S(N)(=O)=O)cc(C(=O)NCCC(C)(C)C)c1C. The molecule has 0 saturated carbocycles. The maximum absolute atomic E-state index is 12.2. The van der Waals surface area contributed by atoms with E-state index in [4.69, 9.17) is 5.14 Å². The molecule has 5 nitrogen and oxygen atoms in total. The second-order valence-electron chi connectivity index (χ2n) is 6.52. The number of nitrogens with one attached hydrogen (secondary N) is 1. The lowest BCUT2D eigenvalue weighted by Crippen LogP contribution is -2.28. The summed E-state index contributed by atoms with van der Waals surface area (Å²) in [6.45, 7) is 10.4. The van der Waals surface area contributed by atoms with E-state index in [1.807, 2.05) is 0 Å². The topological polar surface area (TPSA) is 89.3 Å². The van der Waals surface area contributed by atoms with E-state index >= 15 is 0 Å². The van der Waals surface area contributed by atoms with E-state index in [1.165, 1.54) is 12.1 Å². The van der Waals surface area contributed by atoms with Crippen molar-refractivity contribution in [1.82, 2.24) is 5.32 Å². The molecule has 1 aromatic carbocycles. The first kappa shape index (κ1) is 17.7. The molecule has 1 rings (SSSR count). The fourth-order valence-corrected chi connectivity index (χ4v) is 2.50. The third-order valence-corrected chi connectivity index (χ3v) is 4.27. The number of nitrogens with two attached hydrogens (primary N) is 1. The highest BCUT2D eigenvalue weighted by atomic mass is 32.2. The first-order chi connectivity index (χ1) is 9.42. The molecule has 0 aromatic heterocycles. The molecule has 0 atom stereocenters. The molecule has 0 aliphatic rings. The van der Waals surface area contributed by atoms with Gasteiger partial charge in [-0.25, -0.2) is 13.6 Å². The van der Waals surface area contributed by atoms with E-state index in [0.29, 0.717) is 12.1 Å². The minimum absolute atomic E-state index is 0.0356. The fraction of sp³-hybridized carbons (Fsp3) is 0.533. The van der Waals surface area contributed by atoms with Gasteiger partial charge in [0, 0.05) is 12.1 Å². The number of hydrogen-bond acceptors (Lipinski definition) is 3. The Morgan fingerprint density at radius 3 is 2.29 bits per heavy atom. The van der Waals surface area contributed by atoms with Crippen LogP contribution in [0.25, 0.3) is 0 Å². The van der Waals surface area contributed by atoms with E-state index in [2.05, 4.69) is 26.1 Å². The van der Waals surface area contributed by atoms with Crippen LogP contribution in [0.2, 0.25) is 0 Å². The molecular weight excluding hydrogens is 288 g/mol. The van der Waals surface area contributed by atoms with Crippen molar-refractivity contribution in [2.24, 2.45) is 10.6 Å². The molecule has 0 radical (unpaired) electrons. The van der Waals surface area contributed by atoms with Crippen molar-refractivity contribution in [1.29, 1.82) is 0 Å². The summed E-state index contributed by atoms with van der Waals surface area (Å²) in [4.78, 5) is 12.2. The standard InChI is InChI=1S/C15H24N2O3S/c1-10-8-12(21(16,19)20)9-13(11(10)2)14(18)17-7-6-15(3,4)5/h8-9H,6-7H2,1-5H3,(H,17,18)(H2,16,19,20). The molecule has 118 valence electrons. The minimum Gasteiger partial charge on any atom is -0.352 e. The summed E-state index contributed by atoms with van der Waals surface area (Å²) in [5.41, 5.74) is 1.96. The van der Waals surface area contributed by atoms with Crippen molar-refractivity contribution in [3.05, 3.63) is 28.8 Å². The normalized spacial score (nSPS) is 12.3. The Bertz CT molecular complexity index is 644. The Balaban J connectivity index is 3.02. The Morgan fingerprint density at radius 1 is 1.24 bits per heavy atom. The van der Waals surface area contributed by atoms with E-state index in [9.17, 15) is 13.2 Å². The van der Waals surface area contributed by atoms with Crippen LogP contribution < -0.4 is 10.5 Å². The lowest BCUT2D eigenvalue weighted by molar-refractivity contribution is 0.0948. The summed E-state index contributed by atoms with van der Waals surface area (Å²) in [6.07, 6.45) is 0.839. The summed E-state index contributed by atoms with van der Waals surface area (Å²) < 4.78 is 22.9. The summed E-state index contributed by atoms with van der Waals surface area (Å²) >= 11 is 0. The number of sulfonamides is 1. The van der Waals surface area contributed by atoms with Gasteiger partial charge in [0.1, 0.15) is 0 Å². The number of benzene rings is 1. The molecular formula is C15H24N2O3S. The number of amides is 1. The van der Waals surface area contributed by atoms with Gasteiger partial charge >= 0.3 is 0 Å². The van der Waals surface area contributed by atoms with Crippen LogP contribution in [-0.4, -0.2) is 20.9 Å². The van der Waals surface area contributed by atoms with Crippen LogP contribution in [0.5, 0.6) is 0 Å². The van der Waals surface area contributed by atoms with Gasteiger partial charge in [0.25, 0.3) is 5.91 Å². The Labute approximate surface area is 127 Å². The molecule has 6 heteroatoms. The molecule has 1 amide bonds. The molecule has 3 N–H and O–H groups in total. The molecule has 0 aliphatic carbocycles. The molecule has 0 heterocycles. The van der Waals surface area contributed by atoms with Crippen LogP contribution in [0.3, 0.4) is 0 Å². The molecule has 0 fully saturated rings. The number of carbonyl (C=O) groups excluding carboxylic acids is 1. The first-order valence-corrected chi connectivity index (χ1v) is 8.39. The zero-order chi connectivity index (χ0) is 16.4. The second-order valence-corrected chi connectivity index (χ2v) is 8.09. The van der Waals surface area contributed by atoms with E-state index < -0.39 is 10.0 Å². The largest absolute Gasteiger partial charge is 0.352 e. The second kappa shape index (κ2) is 6.15. The van der Waals surface area contributed by atoms with Crippen LogP contribution in [0.4, 0.5) is 0 Å². The van der Waals surface area contributed by atoms with E-state index in [1.54, 1.807) is 13.8 Å². The van der Waals surface area contributed by atoms with Crippen molar-refractivity contribution in [2.75, 3.05) is 6.54 Å². The van der Waals surface area contributed by atoms with Crippen molar-refractivity contribution in [3.8, 4) is 0 Å². The van der Waals surface area contributed by atoms with Gasteiger partial charge in [-0.05, 0) is 48.9 Å². The zero-order valence-electron chi connectivity index (χ0n) is 13.3. The third-order valence-electron chi connectivity index (χ3n) is 3.37. The summed E-state index contributed by atoms with van der Waals surface area (Å²) in [7, 11) is -3.82. The Hall–Kier alpha value is -1.40. The average Bonchev–Trinajstić information content (AvgIpc) is 2.29. The molecule has 0 spiro atoms. The number of rotatable bonds is 4. The lowest BCUT2D eigenvalue weighted by Gasteiger charge is -2.18.